The van der Waals surface area contributed by atoms with Gasteiger partial charge in [0, 0.05) is 25.1 Å². The van der Waals surface area contributed by atoms with Crippen molar-refractivity contribution in [1.82, 2.24) is 9.84 Å². The molecule has 0 bridgehead atoms. The SMILES string of the molecule is CCC(=O)c1cccc(S(=O)(=O)NN2CCOCC2)c1. The minimum absolute atomic E-state index is 0.0755. The quantitative estimate of drug-likeness (QED) is 0.814. The number of carbonyl (C=O) groups excluding carboxylic acids is 1. The number of ketones is 1. The second-order valence-electron chi connectivity index (χ2n) is 4.50. The van der Waals surface area contributed by atoms with Crippen molar-refractivity contribution in [3.8, 4) is 0 Å². The minimum atomic E-state index is -3.66. The molecule has 0 unspecified atom stereocenters. The van der Waals surface area contributed by atoms with Crippen molar-refractivity contribution in [2.75, 3.05) is 26.3 Å². The van der Waals surface area contributed by atoms with Crippen molar-refractivity contribution in [2.45, 2.75) is 18.2 Å². The first-order chi connectivity index (χ1) is 9.53. The Hall–Kier alpha value is -1.28. The summed E-state index contributed by atoms with van der Waals surface area (Å²) in [6, 6.07) is 6.10. The maximum absolute atomic E-state index is 12.3. The van der Waals surface area contributed by atoms with Crippen molar-refractivity contribution in [1.29, 1.82) is 0 Å². The van der Waals surface area contributed by atoms with Crippen LogP contribution in [0.2, 0.25) is 0 Å². The number of hydrogen-bond acceptors (Lipinski definition) is 5. The van der Waals surface area contributed by atoms with E-state index in [9.17, 15) is 13.2 Å². The monoisotopic (exact) mass is 298 g/mol. The summed E-state index contributed by atoms with van der Waals surface area (Å²) in [6.07, 6.45) is 0.348. The molecule has 7 heteroatoms. The molecular weight excluding hydrogens is 280 g/mol. The molecule has 1 aromatic rings. The molecule has 0 aromatic heterocycles. The van der Waals surface area contributed by atoms with Gasteiger partial charge in [-0.1, -0.05) is 19.1 Å². The van der Waals surface area contributed by atoms with E-state index in [-0.39, 0.29) is 10.7 Å². The van der Waals surface area contributed by atoms with Gasteiger partial charge in [0.15, 0.2) is 5.78 Å². The van der Waals surface area contributed by atoms with Gasteiger partial charge in [0.05, 0.1) is 18.1 Å². The highest BCUT2D eigenvalue weighted by molar-refractivity contribution is 7.89. The average Bonchev–Trinajstić information content (AvgIpc) is 2.47. The molecule has 0 saturated carbocycles. The van der Waals surface area contributed by atoms with Gasteiger partial charge >= 0.3 is 0 Å². The Morgan fingerprint density at radius 1 is 1.35 bits per heavy atom. The number of sulfonamides is 1. The van der Waals surface area contributed by atoms with E-state index >= 15 is 0 Å². The first-order valence-electron chi connectivity index (χ1n) is 6.51. The number of rotatable bonds is 5. The van der Waals surface area contributed by atoms with E-state index in [1.165, 1.54) is 12.1 Å². The highest BCUT2D eigenvalue weighted by atomic mass is 32.2. The third-order valence-electron chi connectivity index (χ3n) is 3.05. The molecule has 0 spiro atoms. The van der Waals surface area contributed by atoms with Crippen molar-refractivity contribution in [3.63, 3.8) is 0 Å². The van der Waals surface area contributed by atoms with Crippen LogP contribution in [0.4, 0.5) is 0 Å². The van der Waals surface area contributed by atoms with Crippen LogP contribution in [-0.2, 0) is 14.8 Å². The van der Waals surface area contributed by atoms with Crippen LogP contribution in [0.25, 0.3) is 0 Å². The number of carbonyl (C=O) groups is 1. The zero-order chi connectivity index (χ0) is 14.6. The smallest absolute Gasteiger partial charge is 0.253 e. The summed E-state index contributed by atoms with van der Waals surface area (Å²) in [5.74, 6) is -0.0755. The van der Waals surface area contributed by atoms with Gasteiger partial charge in [-0.05, 0) is 12.1 Å². The first kappa shape index (κ1) is 15.1. The Bertz CT molecular complexity index is 580. The standard InChI is InChI=1S/C13H18N2O4S/c1-2-13(16)11-4-3-5-12(10-11)20(17,18)14-15-6-8-19-9-7-15/h3-5,10,14H,2,6-9H2,1H3. The summed E-state index contributed by atoms with van der Waals surface area (Å²) >= 11 is 0. The predicted octanol–water partition coefficient (Wildman–Crippen LogP) is 0.805. The molecule has 6 nitrogen and oxygen atoms in total. The number of nitrogens with zero attached hydrogens (tertiary/aromatic N) is 1. The van der Waals surface area contributed by atoms with E-state index in [0.717, 1.165) is 0 Å². The average molecular weight is 298 g/mol. The number of Topliss-reactive ketones (excluding diaryl/α,β-unsaturated/α-hetero) is 1. The molecule has 0 radical (unpaired) electrons. The lowest BCUT2D eigenvalue weighted by atomic mass is 10.1. The lowest BCUT2D eigenvalue weighted by Gasteiger charge is -2.26. The molecule has 1 heterocycles. The van der Waals surface area contributed by atoms with Crippen LogP contribution in [0.5, 0.6) is 0 Å². The van der Waals surface area contributed by atoms with E-state index in [4.69, 9.17) is 4.74 Å². The Labute approximate surface area is 118 Å². The topological polar surface area (TPSA) is 75.7 Å². The Kier molecular flexibility index (Phi) is 4.87. The van der Waals surface area contributed by atoms with Crippen LogP contribution in [0.1, 0.15) is 23.7 Å². The molecule has 0 aliphatic carbocycles. The van der Waals surface area contributed by atoms with Crippen LogP contribution < -0.4 is 4.83 Å². The van der Waals surface area contributed by atoms with E-state index in [2.05, 4.69) is 4.83 Å². The van der Waals surface area contributed by atoms with Crippen molar-refractivity contribution >= 4 is 15.8 Å². The van der Waals surface area contributed by atoms with Gasteiger partial charge in [-0.3, -0.25) is 4.79 Å². The number of hydrogen-bond donors (Lipinski definition) is 1. The van der Waals surface area contributed by atoms with Gasteiger partial charge in [0.1, 0.15) is 0 Å². The second-order valence-corrected chi connectivity index (χ2v) is 6.16. The molecule has 1 saturated heterocycles. The van der Waals surface area contributed by atoms with Crippen LogP contribution in [0.15, 0.2) is 29.2 Å². The van der Waals surface area contributed by atoms with E-state index < -0.39 is 10.0 Å². The van der Waals surface area contributed by atoms with Crippen LogP contribution in [0, 0.1) is 0 Å². The molecule has 1 fully saturated rings. The number of nitrogens with one attached hydrogen (secondary N) is 1. The zero-order valence-corrected chi connectivity index (χ0v) is 12.1. The fourth-order valence-electron chi connectivity index (χ4n) is 1.92. The molecule has 1 aromatic carbocycles. The third-order valence-corrected chi connectivity index (χ3v) is 4.42. The molecule has 1 N–H and O–H groups in total. The van der Waals surface area contributed by atoms with E-state index in [1.54, 1.807) is 24.1 Å². The van der Waals surface area contributed by atoms with Gasteiger partial charge in [-0.25, -0.2) is 13.4 Å². The molecule has 0 amide bonds. The number of ether oxygens (including phenoxy) is 1. The summed E-state index contributed by atoms with van der Waals surface area (Å²) in [5, 5.41) is 1.60. The summed E-state index contributed by atoms with van der Waals surface area (Å²) < 4.78 is 29.7. The molecule has 110 valence electrons. The van der Waals surface area contributed by atoms with E-state index in [1.807, 2.05) is 0 Å². The maximum atomic E-state index is 12.3. The first-order valence-corrected chi connectivity index (χ1v) is 7.99. The van der Waals surface area contributed by atoms with Crippen LogP contribution in [-0.4, -0.2) is 45.5 Å². The van der Waals surface area contributed by atoms with Gasteiger partial charge in [0.2, 0.25) is 0 Å². The molecule has 1 aliphatic rings. The minimum Gasteiger partial charge on any atom is -0.379 e. The summed E-state index contributed by atoms with van der Waals surface area (Å²) in [5.41, 5.74) is 0.414. The second kappa shape index (κ2) is 6.45. The predicted molar refractivity (Wildman–Crippen MR) is 73.8 cm³/mol. The Morgan fingerprint density at radius 2 is 2.05 bits per heavy atom. The highest BCUT2D eigenvalue weighted by Gasteiger charge is 2.20. The highest BCUT2D eigenvalue weighted by Crippen LogP contribution is 2.13. The number of hydrazine groups is 1. The summed E-state index contributed by atoms with van der Waals surface area (Å²) in [4.78, 5) is 14.3. The van der Waals surface area contributed by atoms with E-state index in [0.29, 0.717) is 38.3 Å². The zero-order valence-electron chi connectivity index (χ0n) is 11.3. The number of morpholine rings is 1. The summed E-state index contributed by atoms with van der Waals surface area (Å²) in [6.45, 7) is 3.75. The largest absolute Gasteiger partial charge is 0.379 e. The fourth-order valence-corrected chi connectivity index (χ4v) is 3.09. The third kappa shape index (κ3) is 3.63. The molecule has 2 rings (SSSR count). The lowest BCUT2D eigenvalue weighted by Crippen LogP contribution is -2.48. The van der Waals surface area contributed by atoms with Crippen molar-refractivity contribution in [2.24, 2.45) is 0 Å². The van der Waals surface area contributed by atoms with Crippen LogP contribution in [0.3, 0.4) is 0 Å². The van der Waals surface area contributed by atoms with Crippen molar-refractivity contribution < 1.29 is 17.9 Å². The number of benzene rings is 1. The Balaban J connectivity index is 2.18. The van der Waals surface area contributed by atoms with Gasteiger partial charge < -0.3 is 4.74 Å². The fraction of sp³-hybridized carbons (Fsp3) is 0.462. The summed E-state index contributed by atoms with van der Waals surface area (Å²) in [7, 11) is -3.66. The van der Waals surface area contributed by atoms with Gasteiger partial charge in [-0.15, -0.1) is 4.83 Å². The van der Waals surface area contributed by atoms with Crippen molar-refractivity contribution in [3.05, 3.63) is 29.8 Å². The molecular formula is C13H18N2O4S. The Morgan fingerprint density at radius 3 is 2.70 bits per heavy atom. The molecule has 0 atom stereocenters. The molecule has 1 aliphatic heterocycles. The lowest BCUT2D eigenvalue weighted by molar-refractivity contribution is 0.0272. The normalized spacial score (nSPS) is 17.1. The van der Waals surface area contributed by atoms with Crippen LogP contribution >= 0.6 is 0 Å². The van der Waals surface area contributed by atoms with Gasteiger partial charge in [0.25, 0.3) is 10.0 Å². The molecule has 20 heavy (non-hydrogen) atoms. The maximum Gasteiger partial charge on any atom is 0.253 e. The van der Waals surface area contributed by atoms with Gasteiger partial charge in [-0.2, -0.15) is 0 Å².